The third-order valence-electron chi connectivity index (χ3n) is 4.23. The summed E-state index contributed by atoms with van der Waals surface area (Å²) in [4.78, 5) is 28.5. The third-order valence-corrected chi connectivity index (χ3v) is 4.47. The van der Waals surface area contributed by atoms with Crippen LogP contribution in [-0.4, -0.2) is 35.3 Å². The van der Waals surface area contributed by atoms with Crippen molar-refractivity contribution in [2.45, 2.75) is 38.8 Å². The lowest BCUT2D eigenvalue weighted by Gasteiger charge is -2.41. The zero-order valence-electron chi connectivity index (χ0n) is 11.6. The molecular formula is C15H17ClN2O2. The van der Waals surface area contributed by atoms with Crippen molar-refractivity contribution in [3.05, 3.63) is 28.8 Å². The molecule has 0 aromatic heterocycles. The summed E-state index contributed by atoms with van der Waals surface area (Å²) in [5.74, 6) is 0.0476. The van der Waals surface area contributed by atoms with E-state index < -0.39 is 6.04 Å². The van der Waals surface area contributed by atoms with Crippen LogP contribution in [0.15, 0.2) is 18.2 Å². The zero-order chi connectivity index (χ0) is 14.4. The number of hydrogen-bond donors (Lipinski definition) is 0. The molecule has 2 fully saturated rings. The van der Waals surface area contributed by atoms with E-state index in [1.165, 1.54) is 0 Å². The number of amides is 2. The minimum Gasteiger partial charge on any atom is -0.329 e. The Bertz CT molecular complexity index is 587. The largest absolute Gasteiger partial charge is 0.329 e. The van der Waals surface area contributed by atoms with Crippen molar-refractivity contribution in [2.75, 3.05) is 11.4 Å². The highest BCUT2D eigenvalue weighted by Crippen LogP contribution is 2.33. The summed E-state index contributed by atoms with van der Waals surface area (Å²) in [5, 5.41) is 0.576. The smallest absolute Gasteiger partial charge is 0.250 e. The number of piperazine rings is 1. The summed E-state index contributed by atoms with van der Waals surface area (Å²) in [7, 11) is 0. The van der Waals surface area contributed by atoms with Crippen LogP contribution >= 0.6 is 11.6 Å². The maximum atomic E-state index is 12.7. The first kappa shape index (κ1) is 13.4. The fourth-order valence-corrected chi connectivity index (χ4v) is 3.32. The van der Waals surface area contributed by atoms with Crippen LogP contribution in [-0.2, 0) is 9.59 Å². The number of carbonyl (C=O) groups is 2. The quantitative estimate of drug-likeness (QED) is 0.797. The number of rotatable bonds is 1. The number of aryl methyl sites for hydroxylation is 1. The Labute approximate surface area is 123 Å². The lowest BCUT2D eigenvalue weighted by molar-refractivity contribution is -0.143. The molecule has 2 aliphatic heterocycles. The summed E-state index contributed by atoms with van der Waals surface area (Å²) >= 11 is 6.05. The van der Waals surface area contributed by atoms with Crippen molar-refractivity contribution in [1.29, 1.82) is 0 Å². The van der Waals surface area contributed by atoms with Crippen molar-refractivity contribution >= 4 is 29.1 Å². The van der Waals surface area contributed by atoms with E-state index in [2.05, 4.69) is 0 Å². The zero-order valence-corrected chi connectivity index (χ0v) is 12.4. The van der Waals surface area contributed by atoms with Crippen LogP contribution in [0.1, 0.15) is 25.3 Å². The van der Waals surface area contributed by atoms with Gasteiger partial charge in [0, 0.05) is 17.3 Å². The Morgan fingerprint density at radius 2 is 2.00 bits per heavy atom. The number of anilines is 1. The molecule has 0 saturated carbocycles. The Morgan fingerprint density at radius 1 is 1.25 bits per heavy atom. The number of halogens is 1. The Balaban J connectivity index is 2.05. The van der Waals surface area contributed by atoms with Gasteiger partial charge in [0.25, 0.3) is 5.91 Å². The highest BCUT2D eigenvalue weighted by Gasteiger charge is 2.46. The van der Waals surface area contributed by atoms with Crippen molar-refractivity contribution in [1.82, 2.24) is 4.90 Å². The maximum absolute atomic E-state index is 12.7. The second-order valence-corrected chi connectivity index (χ2v) is 5.94. The van der Waals surface area contributed by atoms with E-state index in [9.17, 15) is 9.59 Å². The van der Waals surface area contributed by atoms with Gasteiger partial charge in [-0.2, -0.15) is 0 Å². The first-order chi connectivity index (χ1) is 9.50. The van der Waals surface area contributed by atoms with Gasteiger partial charge >= 0.3 is 0 Å². The van der Waals surface area contributed by atoms with E-state index in [0.717, 1.165) is 24.1 Å². The lowest BCUT2D eigenvalue weighted by Crippen LogP contribution is -2.62. The van der Waals surface area contributed by atoms with Crippen molar-refractivity contribution in [3.8, 4) is 0 Å². The summed E-state index contributed by atoms with van der Waals surface area (Å²) < 4.78 is 0. The highest BCUT2D eigenvalue weighted by atomic mass is 35.5. The normalized spacial score (nSPS) is 26.1. The van der Waals surface area contributed by atoms with E-state index >= 15 is 0 Å². The molecule has 2 aliphatic rings. The molecule has 0 spiro atoms. The molecule has 1 aromatic rings. The van der Waals surface area contributed by atoms with Crippen LogP contribution in [0.3, 0.4) is 0 Å². The molecule has 4 nitrogen and oxygen atoms in total. The molecule has 0 aliphatic carbocycles. The second-order valence-electron chi connectivity index (χ2n) is 5.50. The van der Waals surface area contributed by atoms with Gasteiger partial charge in [0.2, 0.25) is 5.91 Å². The summed E-state index contributed by atoms with van der Waals surface area (Å²) in [5.41, 5.74) is 1.70. The van der Waals surface area contributed by atoms with Gasteiger partial charge in [-0.05, 0) is 44.4 Å². The van der Waals surface area contributed by atoms with E-state index in [0.29, 0.717) is 11.6 Å². The number of hydrogen-bond acceptors (Lipinski definition) is 2. The van der Waals surface area contributed by atoms with Gasteiger partial charge in [-0.25, -0.2) is 0 Å². The number of fused-ring (bicyclic) bond motifs is 1. The van der Waals surface area contributed by atoms with Crippen LogP contribution in [0.4, 0.5) is 5.69 Å². The van der Waals surface area contributed by atoms with E-state index in [4.69, 9.17) is 11.6 Å². The van der Waals surface area contributed by atoms with Gasteiger partial charge in [0.1, 0.15) is 12.1 Å². The first-order valence-corrected chi connectivity index (χ1v) is 7.28. The van der Waals surface area contributed by atoms with Crippen LogP contribution in [0.2, 0.25) is 5.02 Å². The van der Waals surface area contributed by atoms with Gasteiger partial charge in [0.15, 0.2) is 0 Å². The van der Waals surface area contributed by atoms with Crippen LogP contribution in [0.25, 0.3) is 0 Å². The molecule has 20 heavy (non-hydrogen) atoms. The molecule has 0 N–H and O–H groups in total. The van der Waals surface area contributed by atoms with Gasteiger partial charge in [0.05, 0.1) is 0 Å². The fraction of sp³-hybridized carbons (Fsp3) is 0.467. The predicted molar refractivity (Wildman–Crippen MR) is 77.9 cm³/mol. The topological polar surface area (TPSA) is 40.6 Å². The third kappa shape index (κ3) is 1.90. The Morgan fingerprint density at radius 3 is 2.75 bits per heavy atom. The van der Waals surface area contributed by atoms with E-state index in [1.807, 2.05) is 13.0 Å². The minimum absolute atomic E-state index is 0.0139. The van der Waals surface area contributed by atoms with Crippen molar-refractivity contribution in [3.63, 3.8) is 0 Å². The van der Waals surface area contributed by atoms with Gasteiger partial charge in [-0.3, -0.25) is 14.5 Å². The predicted octanol–water partition coefficient (Wildman–Crippen LogP) is 2.37. The number of carbonyl (C=O) groups excluding carboxylic acids is 2. The molecule has 2 heterocycles. The molecule has 2 amide bonds. The minimum atomic E-state index is -0.464. The SMILES string of the molecule is Cc1ccc(Cl)cc1N1C(=O)C2CCCN2C(=O)C1C. The second kappa shape index (κ2) is 4.77. The monoisotopic (exact) mass is 292 g/mol. The standard InChI is InChI=1S/C15H17ClN2O2/c1-9-5-6-11(16)8-13(9)18-10(2)14(19)17-7-3-4-12(17)15(18)20/h5-6,8,10,12H,3-4,7H2,1-2H3. The highest BCUT2D eigenvalue weighted by molar-refractivity contribution is 6.31. The van der Waals surface area contributed by atoms with Gasteiger partial charge < -0.3 is 4.90 Å². The molecule has 2 saturated heterocycles. The van der Waals surface area contributed by atoms with Crippen LogP contribution < -0.4 is 4.90 Å². The van der Waals surface area contributed by atoms with E-state index in [-0.39, 0.29) is 17.9 Å². The molecule has 5 heteroatoms. The fourth-order valence-electron chi connectivity index (χ4n) is 3.16. The first-order valence-electron chi connectivity index (χ1n) is 6.90. The van der Waals surface area contributed by atoms with Crippen molar-refractivity contribution in [2.24, 2.45) is 0 Å². The summed E-state index contributed by atoms with van der Waals surface area (Å²) in [6, 6.07) is 4.68. The molecule has 0 radical (unpaired) electrons. The molecule has 0 bridgehead atoms. The number of nitrogens with zero attached hydrogens (tertiary/aromatic N) is 2. The Kier molecular flexibility index (Phi) is 3.21. The molecule has 3 rings (SSSR count). The molecule has 2 unspecified atom stereocenters. The van der Waals surface area contributed by atoms with Gasteiger partial charge in [-0.1, -0.05) is 17.7 Å². The molecule has 106 valence electrons. The Hall–Kier alpha value is -1.55. The number of benzene rings is 1. The molecule has 1 aromatic carbocycles. The summed E-state index contributed by atoms with van der Waals surface area (Å²) in [6.45, 7) is 4.41. The van der Waals surface area contributed by atoms with E-state index in [1.54, 1.807) is 28.9 Å². The lowest BCUT2D eigenvalue weighted by atomic mass is 10.0. The maximum Gasteiger partial charge on any atom is 0.250 e. The average molecular weight is 293 g/mol. The van der Waals surface area contributed by atoms with Crippen LogP contribution in [0.5, 0.6) is 0 Å². The average Bonchev–Trinajstić information content (AvgIpc) is 2.90. The summed E-state index contributed by atoms with van der Waals surface area (Å²) in [6.07, 6.45) is 1.66. The molecule has 2 atom stereocenters. The van der Waals surface area contributed by atoms with Gasteiger partial charge in [-0.15, -0.1) is 0 Å². The van der Waals surface area contributed by atoms with Crippen LogP contribution in [0, 0.1) is 6.92 Å². The van der Waals surface area contributed by atoms with Crippen molar-refractivity contribution < 1.29 is 9.59 Å². The molecular weight excluding hydrogens is 276 g/mol.